The molecule has 0 saturated heterocycles. The molecule has 7 heteroatoms. The van der Waals surface area contributed by atoms with Crippen molar-refractivity contribution in [3.63, 3.8) is 0 Å². The molecule has 0 aliphatic heterocycles. The number of hydrogen-bond donors (Lipinski definition) is 0. The van der Waals surface area contributed by atoms with Crippen molar-refractivity contribution in [3.8, 4) is 0 Å². The number of ketones is 1. The van der Waals surface area contributed by atoms with Gasteiger partial charge in [-0.05, 0) is 86.9 Å². The summed E-state index contributed by atoms with van der Waals surface area (Å²) >= 11 is 0. The summed E-state index contributed by atoms with van der Waals surface area (Å²) in [7, 11) is -4.65. The van der Waals surface area contributed by atoms with Crippen LogP contribution in [0, 0.1) is 34.5 Å². The molecule has 152 valence electrons. The average Bonchev–Trinajstić information content (AvgIpc) is 2.91. The van der Waals surface area contributed by atoms with E-state index in [4.69, 9.17) is 4.18 Å². The largest absolute Gasteiger partial charge is 1.00 e. The minimum absolute atomic E-state index is 0. The van der Waals surface area contributed by atoms with Crippen LogP contribution in [0.25, 0.3) is 0 Å². The Kier molecular flexibility index (Phi) is 6.36. The topological polar surface area (TPSA) is 83.5 Å². The van der Waals surface area contributed by atoms with Gasteiger partial charge in [-0.2, -0.15) is 0 Å². The predicted octanol–water partition coefficient (Wildman–Crippen LogP) is 1.00. The summed E-state index contributed by atoms with van der Waals surface area (Å²) in [6, 6.07) is 0. The van der Waals surface area contributed by atoms with E-state index in [9.17, 15) is 17.8 Å². The molecule has 0 aromatic carbocycles. The molecule has 0 spiro atoms. The van der Waals surface area contributed by atoms with Gasteiger partial charge in [-0.1, -0.05) is 25.5 Å². The van der Waals surface area contributed by atoms with Gasteiger partial charge in [0.05, 0.1) is 6.10 Å². The van der Waals surface area contributed by atoms with E-state index in [1.807, 2.05) is 0 Å². The van der Waals surface area contributed by atoms with Crippen LogP contribution in [0.3, 0.4) is 0 Å². The second-order valence-electron chi connectivity index (χ2n) is 9.91. The Balaban J connectivity index is 0.00000225. The Hall–Kier alpha value is 0.280. The Morgan fingerprint density at radius 2 is 1.86 bits per heavy atom. The molecule has 3 fully saturated rings. The molecule has 0 unspecified atom stereocenters. The fourth-order valence-corrected chi connectivity index (χ4v) is 8.04. The van der Waals surface area contributed by atoms with Crippen LogP contribution in [0.4, 0.5) is 0 Å². The van der Waals surface area contributed by atoms with Crippen molar-refractivity contribution >= 4 is 16.2 Å². The molecule has 0 radical (unpaired) electrons. The fourth-order valence-electron chi connectivity index (χ4n) is 7.54. The molecule has 0 N–H and O–H groups in total. The number of allylic oxidation sites excluding steroid dienone is 1. The van der Waals surface area contributed by atoms with E-state index in [-0.39, 0.29) is 46.3 Å². The first-order valence-corrected chi connectivity index (χ1v) is 11.7. The van der Waals surface area contributed by atoms with E-state index >= 15 is 0 Å². The minimum Gasteiger partial charge on any atom is -0.726 e. The van der Waals surface area contributed by atoms with Gasteiger partial charge in [-0.15, -0.1) is 0 Å². The molecule has 0 aromatic heterocycles. The van der Waals surface area contributed by atoms with Crippen LogP contribution in [0.2, 0.25) is 0 Å². The zero-order chi connectivity index (χ0) is 19.6. The summed E-state index contributed by atoms with van der Waals surface area (Å²) in [5.74, 6) is 2.38. The Bertz CT molecular complexity index is 778. The van der Waals surface area contributed by atoms with Gasteiger partial charge in [-0.25, -0.2) is 8.42 Å². The maximum absolute atomic E-state index is 12.2. The van der Waals surface area contributed by atoms with Gasteiger partial charge in [0.2, 0.25) is 10.4 Å². The smallest absolute Gasteiger partial charge is 0.726 e. The standard InChI is InChI=1S/C21H32O5S.Na/c1-13(22)17-6-7-18-16-5-4-14-12-15(26-27(23,24)25)8-10-20(14,2)19(16)9-11-21(17,18)3;/h4,15-19H,5-12H2,1-3H3,(H,23,24,25);/q;+1/p-1/t15-,16-,17+,18-,19-,20-,21+;/m0./s1/i1+1,13+1;. The SMILES string of the molecule is C[C@]12CC[C@H]3[C@@H](CC=C4C[C@@H](OS(=O)(=O)[O-])CC[C@@]43C)[C@@H]1CC[C@@H]2[13C]([13CH3])=O.[Na+]. The molecule has 3 saturated carbocycles. The summed E-state index contributed by atoms with van der Waals surface area (Å²) in [5.41, 5.74) is 1.50. The predicted molar refractivity (Wildman–Crippen MR) is 100 cm³/mol. The molecule has 4 rings (SSSR count). The number of fused-ring (bicyclic) bond motifs is 5. The molecule has 7 atom stereocenters. The van der Waals surface area contributed by atoms with E-state index in [0.29, 0.717) is 36.4 Å². The maximum atomic E-state index is 12.2. The van der Waals surface area contributed by atoms with Gasteiger partial charge in [0.15, 0.2) is 0 Å². The Labute approximate surface area is 191 Å². The van der Waals surface area contributed by atoms with E-state index < -0.39 is 16.5 Å². The van der Waals surface area contributed by atoms with Gasteiger partial charge in [0.1, 0.15) is 5.78 Å². The Morgan fingerprint density at radius 3 is 2.50 bits per heavy atom. The average molecular weight is 421 g/mol. The summed E-state index contributed by atoms with van der Waals surface area (Å²) in [5, 5.41) is 0. The molecule has 0 amide bonds. The van der Waals surface area contributed by atoms with E-state index in [0.717, 1.165) is 38.5 Å². The number of carbonyl (C=O) groups is 1. The summed E-state index contributed by atoms with van der Waals surface area (Å²) in [6.07, 6.45) is 9.30. The number of Topliss-reactive ketones (excluding diaryl/α,β-unsaturated/α-hetero) is 1. The van der Waals surface area contributed by atoms with Crippen LogP contribution in [-0.2, 0) is 19.4 Å². The van der Waals surface area contributed by atoms with Gasteiger partial charge < -0.3 is 4.55 Å². The van der Waals surface area contributed by atoms with Crippen LogP contribution in [-0.4, -0.2) is 24.9 Å². The van der Waals surface area contributed by atoms with Crippen LogP contribution in [0.15, 0.2) is 11.6 Å². The molecule has 28 heavy (non-hydrogen) atoms. The number of carbonyl (C=O) groups excluding carboxylic acids is 1. The second-order valence-corrected chi connectivity index (χ2v) is 10.9. The van der Waals surface area contributed by atoms with Gasteiger partial charge >= 0.3 is 29.6 Å². The van der Waals surface area contributed by atoms with Crippen molar-refractivity contribution in [2.45, 2.75) is 78.2 Å². The summed E-state index contributed by atoms with van der Waals surface area (Å²) in [6.45, 7) is 6.44. The summed E-state index contributed by atoms with van der Waals surface area (Å²) < 4.78 is 37.7. The van der Waals surface area contributed by atoms with Crippen molar-refractivity contribution in [2.24, 2.45) is 34.5 Å². The fraction of sp³-hybridized carbons (Fsp3) is 0.857. The molecular formula is C21H31NaO5S. The molecule has 4 aliphatic carbocycles. The van der Waals surface area contributed by atoms with Gasteiger partial charge in [0.25, 0.3) is 0 Å². The molecule has 4 aliphatic rings. The molecule has 5 nitrogen and oxygen atoms in total. The van der Waals surface area contributed by atoms with Crippen molar-refractivity contribution in [1.82, 2.24) is 0 Å². The first-order valence-electron chi connectivity index (χ1n) is 10.4. The zero-order valence-electron chi connectivity index (χ0n) is 17.6. The zero-order valence-corrected chi connectivity index (χ0v) is 20.4. The van der Waals surface area contributed by atoms with Crippen molar-refractivity contribution in [3.05, 3.63) is 11.6 Å². The van der Waals surface area contributed by atoms with Crippen molar-refractivity contribution in [2.75, 3.05) is 0 Å². The van der Waals surface area contributed by atoms with Crippen molar-refractivity contribution < 1.29 is 51.5 Å². The Morgan fingerprint density at radius 1 is 1.14 bits per heavy atom. The third-order valence-corrected chi connectivity index (χ3v) is 9.31. The number of rotatable bonds is 3. The third kappa shape index (κ3) is 3.71. The quantitative estimate of drug-likeness (QED) is 0.224. The normalized spacial score (nSPS) is 45.1. The van der Waals surface area contributed by atoms with E-state index in [1.165, 1.54) is 5.57 Å². The van der Waals surface area contributed by atoms with Crippen LogP contribution in [0.5, 0.6) is 0 Å². The van der Waals surface area contributed by atoms with E-state index in [2.05, 4.69) is 19.9 Å². The third-order valence-electron chi connectivity index (χ3n) is 8.80. The first kappa shape index (κ1) is 23.0. The maximum Gasteiger partial charge on any atom is 1.00 e. The van der Waals surface area contributed by atoms with Gasteiger partial charge in [0, 0.05) is 5.92 Å². The first-order chi connectivity index (χ1) is 12.5. The van der Waals surface area contributed by atoms with E-state index in [1.54, 1.807) is 6.92 Å². The van der Waals surface area contributed by atoms with Crippen LogP contribution < -0.4 is 29.6 Å². The minimum atomic E-state index is -4.65. The molecule has 0 aromatic rings. The number of hydrogen-bond acceptors (Lipinski definition) is 5. The monoisotopic (exact) mass is 420 g/mol. The molecule has 0 bridgehead atoms. The summed E-state index contributed by atoms with van der Waals surface area (Å²) in [4.78, 5) is 12.2. The van der Waals surface area contributed by atoms with Crippen LogP contribution >= 0.6 is 0 Å². The molecule has 0 heterocycles. The van der Waals surface area contributed by atoms with Gasteiger partial charge in [-0.3, -0.25) is 8.98 Å². The van der Waals surface area contributed by atoms with Crippen molar-refractivity contribution in [1.29, 1.82) is 0 Å². The second kappa shape index (κ2) is 7.76. The van der Waals surface area contributed by atoms with Crippen LogP contribution in [0.1, 0.15) is 72.1 Å². The molecular weight excluding hydrogens is 389 g/mol.